The SMILES string of the molecule is Nc1ncc(C#Cc2cccc(C(=O)NCc3cc(C(F)F)ccc3F)c2)cn1. The van der Waals surface area contributed by atoms with Crippen LogP contribution in [0.2, 0.25) is 0 Å². The molecule has 3 rings (SSSR count). The maximum atomic E-state index is 13.8. The number of hydrogen-bond donors (Lipinski definition) is 2. The van der Waals surface area contributed by atoms with Gasteiger partial charge in [-0.3, -0.25) is 4.79 Å². The summed E-state index contributed by atoms with van der Waals surface area (Å²) in [4.78, 5) is 20.0. The number of aromatic nitrogens is 2. The van der Waals surface area contributed by atoms with Crippen LogP contribution in [0.3, 0.4) is 0 Å². The number of rotatable bonds is 4. The minimum atomic E-state index is -2.72. The van der Waals surface area contributed by atoms with E-state index in [1.165, 1.54) is 12.4 Å². The third-order valence-corrected chi connectivity index (χ3v) is 3.91. The summed E-state index contributed by atoms with van der Waals surface area (Å²) in [6, 6.07) is 9.51. The summed E-state index contributed by atoms with van der Waals surface area (Å²) in [5.74, 6) is 4.73. The van der Waals surface area contributed by atoms with E-state index in [4.69, 9.17) is 5.73 Å². The fourth-order valence-corrected chi connectivity index (χ4v) is 2.43. The molecule has 1 aromatic heterocycles. The molecule has 2 aromatic carbocycles. The van der Waals surface area contributed by atoms with Crippen LogP contribution >= 0.6 is 0 Å². The number of hydrogen-bond acceptors (Lipinski definition) is 4. The lowest BCUT2D eigenvalue weighted by Crippen LogP contribution is -2.23. The predicted octanol–water partition coefficient (Wildman–Crippen LogP) is 3.47. The van der Waals surface area contributed by atoms with E-state index < -0.39 is 18.1 Å². The number of nitrogens with one attached hydrogen (secondary N) is 1. The number of nitrogen functional groups attached to an aromatic ring is 1. The van der Waals surface area contributed by atoms with Crippen molar-refractivity contribution in [1.82, 2.24) is 15.3 Å². The molecule has 146 valence electrons. The van der Waals surface area contributed by atoms with Gasteiger partial charge in [-0.2, -0.15) is 0 Å². The zero-order chi connectivity index (χ0) is 20.8. The number of nitrogens with two attached hydrogens (primary N) is 1. The van der Waals surface area contributed by atoms with Gasteiger partial charge in [-0.05, 0) is 30.3 Å². The predicted molar refractivity (Wildman–Crippen MR) is 101 cm³/mol. The smallest absolute Gasteiger partial charge is 0.263 e. The topological polar surface area (TPSA) is 80.9 Å². The normalized spacial score (nSPS) is 10.3. The summed E-state index contributed by atoms with van der Waals surface area (Å²) >= 11 is 0. The first-order valence-electron chi connectivity index (χ1n) is 8.46. The van der Waals surface area contributed by atoms with Crippen molar-refractivity contribution in [1.29, 1.82) is 0 Å². The Morgan fingerprint density at radius 1 is 1.07 bits per heavy atom. The molecule has 3 N–H and O–H groups in total. The van der Waals surface area contributed by atoms with E-state index in [2.05, 4.69) is 27.1 Å². The van der Waals surface area contributed by atoms with Gasteiger partial charge in [-0.1, -0.05) is 24.0 Å². The van der Waals surface area contributed by atoms with Crippen molar-refractivity contribution in [3.8, 4) is 11.8 Å². The van der Waals surface area contributed by atoms with Crippen molar-refractivity contribution in [3.63, 3.8) is 0 Å². The summed E-state index contributed by atoms with van der Waals surface area (Å²) in [5.41, 5.74) is 6.52. The molecule has 0 atom stereocenters. The van der Waals surface area contributed by atoms with Crippen LogP contribution in [0.25, 0.3) is 0 Å². The molecule has 0 aliphatic heterocycles. The fraction of sp³-hybridized carbons (Fsp3) is 0.0952. The molecule has 0 unspecified atom stereocenters. The fourth-order valence-electron chi connectivity index (χ4n) is 2.43. The van der Waals surface area contributed by atoms with Crippen LogP contribution in [-0.2, 0) is 6.54 Å². The maximum absolute atomic E-state index is 13.8. The number of amides is 1. The van der Waals surface area contributed by atoms with Gasteiger partial charge in [0.15, 0.2) is 0 Å². The van der Waals surface area contributed by atoms with Gasteiger partial charge in [0, 0.05) is 41.2 Å². The van der Waals surface area contributed by atoms with Crippen LogP contribution < -0.4 is 11.1 Å². The Morgan fingerprint density at radius 2 is 1.79 bits per heavy atom. The Bertz CT molecular complexity index is 1090. The second-order valence-electron chi connectivity index (χ2n) is 5.99. The summed E-state index contributed by atoms with van der Waals surface area (Å²) in [5, 5.41) is 2.52. The minimum absolute atomic E-state index is 0.0181. The second kappa shape index (κ2) is 8.89. The zero-order valence-electron chi connectivity index (χ0n) is 15.0. The Hall–Kier alpha value is -3.86. The Morgan fingerprint density at radius 3 is 2.52 bits per heavy atom. The van der Waals surface area contributed by atoms with Gasteiger partial charge in [0.2, 0.25) is 5.95 Å². The van der Waals surface area contributed by atoms with Crippen LogP contribution in [0, 0.1) is 17.7 Å². The van der Waals surface area contributed by atoms with Gasteiger partial charge in [-0.25, -0.2) is 23.1 Å². The molecule has 0 saturated heterocycles. The Labute approximate surface area is 164 Å². The third-order valence-electron chi connectivity index (χ3n) is 3.91. The van der Waals surface area contributed by atoms with Crippen molar-refractivity contribution < 1.29 is 18.0 Å². The van der Waals surface area contributed by atoms with E-state index in [0.717, 1.165) is 18.2 Å². The standard InChI is InChI=1S/C21H15F3N4O/c22-18-7-6-15(19(23)24)9-17(18)12-26-20(29)16-3-1-2-13(8-16)4-5-14-10-27-21(25)28-11-14/h1-3,6-11,19H,12H2,(H,26,29)(H2,25,27,28). The van der Waals surface area contributed by atoms with Gasteiger partial charge >= 0.3 is 0 Å². The zero-order valence-corrected chi connectivity index (χ0v) is 15.0. The van der Waals surface area contributed by atoms with E-state index in [0.29, 0.717) is 16.7 Å². The van der Waals surface area contributed by atoms with E-state index in [9.17, 15) is 18.0 Å². The van der Waals surface area contributed by atoms with Crippen molar-refractivity contribution in [2.75, 3.05) is 5.73 Å². The molecule has 29 heavy (non-hydrogen) atoms. The maximum Gasteiger partial charge on any atom is 0.263 e. The van der Waals surface area contributed by atoms with Crippen molar-refractivity contribution in [2.45, 2.75) is 13.0 Å². The highest BCUT2D eigenvalue weighted by atomic mass is 19.3. The summed E-state index contributed by atoms with van der Waals surface area (Å²) in [7, 11) is 0. The number of nitrogens with zero attached hydrogens (tertiary/aromatic N) is 2. The molecule has 0 fully saturated rings. The molecule has 0 bridgehead atoms. The molecule has 1 amide bonds. The van der Waals surface area contributed by atoms with E-state index in [1.54, 1.807) is 24.3 Å². The lowest BCUT2D eigenvalue weighted by molar-refractivity contribution is 0.0950. The summed E-state index contributed by atoms with van der Waals surface area (Å²) in [6.45, 7) is -0.218. The molecule has 1 heterocycles. The molecular formula is C21H15F3N4O. The summed E-state index contributed by atoms with van der Waals surface area (Å²) in [6.07, 6.45) is 0.244. The number of halogens is 3. The number of benzene rings is 2. The van der Waals surface area contributed by atoms with Crippen molar-refractivity contribution in [2.24, 2.45) is 0 Å². The number of carbonyl (C=O) groups is 1. The molecule has 0 aliphatic carbocycles. The lowest BCUT2D eigenvalue weighted by Gasteiger charge is -2.09. The van der Waals surface area contributed by atoms with E-state index >= 15 is 0 Å². The third kappa shape index (κ3) is 5.32. The number of alkyl halides is 2. The highest BCUT2D eigenvalue weighted by Crippen LogP contribution is 2.21. The minimum Gasteiger partial charge on any atom is -0.368 e. The average molecular weight is 396 g/mol. The quantitative estimate of drug-likeness (QED) is 0.662. The van der Waals surface area contributed by atoms with Crippen LogP contribution in [0.4, 0.5) is 19.1 Å². The van der Waals surface area contributed by atoms with Gasteiger partial charge in [0.1, 0.15) is 5.82 Å². The number of carbonyl (C=O) groups excluding carboxylic acids is 1. The van der Waals surface area contributed by atoms with Crippen LogP contribution in [-0.4, -0.2) is 15.9 Å². The summed E-state index contributed by atoms with van der Waals surface area (Å²) < 4.78 is 39.3. The van der Waals surface area contributed by atoms with Crippen molar-refractivity contribution >= 4 is 11.9 Å². The molecule has 0 radical (unpaired) electrons. The van der Waals surface area contributed by atoms with Crippen molar-refractivity contribution in [3.05, 3.63) is 88.5 Å². The van der Waals surface area contributed by atoms with Gasteiger partial charge < -0.3 is 11.1 Å². The van der Waals surface area contributed by atoms with Gasteiger partial charge in [0.25, 0.3) is 12.3 Å². The molecule has 3 aromatic rings. The number of anilines is 1. The highest BCUT2D eigenvalue weighted by molar-refractivity contribution is 5.94. The second-order valence-corrected chi connectivity index (χ2v) is 5.99. The first-order chi connectivity index (χ1) is 13.9. The monoisotopic (exact) mass is 396 g/mol. The molecule has 0 saturated carbocycles. The van der Waals surface area contributed by atoms with Crippen LogP contribution in [0.15, 0.2) is 54.9 Å². The first-order valence-corrected chi connectivity index (χ1v) is 8.46. The Balaban J connectivity index is 1.70. The van der Waals surface area contributed by atoms with E-state index in [1.807, 2.05) is 0 Å². The largest absolute Gasteiger partial charge is 0.368 e. The molecule has 5 nitrogen and oxygen atoms in total. The Kier molecular flexibility index (Phi) is 6.09. The molecule has 0 spiro atoms. The van der Waals surface area contributed by atoms with Crippen LogP contribution in [0.5, 0.6) is 0 Å². The molecule has 0 aliphatic rings. The van der Waals surface area contributed by atoms with E-state index in [-0.39, 0.29) is 23.6 Å². The molecule has 8 heteroatoms. The van der Waals surface area contributed by atoms with Crippen LogP contribution in [0.1, 0.15) is 39.0 Å². The molecular weight excluding hydrogens is 381 g/mol. The van der Waals surface area contributed by atoms with Gasteiger partial charge in [-0.15, -0.1) is 0 Å². The first kappa shape index (κ1) is 19.9. The lowest BCUT2D eigenvalue weighted by atomic mass is 10.1. The highest BCUT2D eigenvalue weighted by Gasteiger charge is 2.12. The van der Waals surface area contributed by atoms with Gasteiger partial charge in [0.05, 0.1) is 5.56 Å². The average Bonchev–Trinajstić information content (AvgIpc) is 2.72.